The highest BCUT2D eigenvalue weighted by molar-refractivity contribution is 5.93. The molecule has 0 saturated carbocycles. The molecule has 0 saturated heterocycles. The minimum absolute atomic E-state index is 0.0905. The van der Waals surface area contributed by atoms with Crippen LogP contribution in [0.15, 0.2) is 42.6 Å². The lowest BCUT2D eigenvalue weighted by atomic mass is 10.1. The molecule has 0 fully saturated rings. The van der Waals surface area contributed by atoms with Gasteiger partial charge in [-0.2, -0.15) is 0 Å². The summed E-state index contributed by atoms with van der Waals surface area (Å²) in [6.45, 7) is 4.72. The second kappa shape index (κ2) is 6.70. The summed E-state index contributed by atoms with van der Waals surface area (Å²) in [4.78, 5) is 30.4. The second-order valence-corrected chi connectivity index (χ2v) is 5.97. The maximum Gasteiger partial charge on any atom is 0.319 e. The van der Waals surface area contributed by atoms with Crippen LogP contribution in [0.1, 0.15) is 23.7 Å². The molecule has 6 heteroatoms. The first-order valence-electron chi connectivity index (χ1n) is 7.88. The summed E-state index contributed by atoms with van der Waals surface area (Å²) in [5, 5.41) is 5.41. The Morgan fingerprint density at radius 3 is 2.46 bits per heavy atom. The standard InChI is InChI=1S/C18H20N4O2/c1-12-9-16(7-8-19-12)21-18(24)20-13(2)17(23)22-10-14-5-3-4-6-15(14)11-22/h3-9,13H,10-11H2,1-2H3,(H2,19,20,21,24)/t13-/m0/s1. The number of hydrogen-bond acceptors (Lipinski definition) is 3. The van der Waals surface area contributed by atoms with Crippen molar-refractivity contribution in [1.82, 2.24) is 15.2 Å². The molecule has 2 heterocycles. The lowest BCUT2D eigenvalue weighted by Crippen LogP contribution is -2.46. The van der Waals surface area contributed by atoms with E-state index < -0.39 is 12.1 Å². The van der Waals surface area contributed by atoms with Crippen molar-refractivity contribution in [1.29, 1.82) is 0 Å². The van der Waals surface area contributed by atoms with E-state index in [0.29, 0.717) is 18.8 Å². The number of rotatable bonds is 3. The Kier molecular flexibility index (Phi) is 4.46. The third kappa shape index (κ3) is 3.53. The monoisotopic (exact) mass is 324 g/mol. The van der Waals surface area contributed by atoms with Gasteiger partial charge in [-0.05, 0) is 37.1 Å². The first kappa shape index (κ1) is 16.0. The fourth-order valence-electron chi connectivity index (χ4n) is 2.81. The van der Waals surface area contributed by atoms with E-state index in [1.54, 1.807) is 30.2 Å². The molecule has 3 amide bonds. The Morgan fingerprint density at radius 1 is 1.17 bits per heavy atom. The van der Waals surface area contributed by atoms with Gasteiger partial charge >= 0.3 is 6.03 Å². The molecule has 1 aliphatic rings. The van der Waals surface area contributed by atoms with Gasteiger partial charge in [-0.1, -0.05) is 24.3 Å². The van der Waals surface area contributed by atoms with Gasteiger partial charge in [-0.15, -0.1) is 0 Å². The first-order valence-corrected chi connectivity index (χ1v) is 7.88. The normalized spacial score (nSPS) is 14.0. The van der Waals surface area contributed by atoms with Crippen LogP contribution in [0.5, 0.6) is 0 Å². The Morgan fingerprint density at radius 2 is 1.83 bits per heavy atom. The predicted octanol–water partition coefficient (Wildman–Crippen LogP) is 2.44. The van der Waals surface area contributed by atoms with Crippen LogP contribution >= 0.6 is 0 Å². The van der Waals surface area contributed by atoms with Crippen molar-refractivity contribution in [2.75, 3.05) is 5.32 Å². The van der Waals surface area contributed by atoms with Gasteiger partial charge < -0.3 is 15.5 Å². The number of amides is 3. The molecular weight excluding hydrogens is 304 g/mol. The van der Waals surface area contributed by atoms with Crippen LogP contribution in [0.3, 0.4) is 0 Å². The number of fused-ring (bicyclic) bond motifs is 1. The van der Waals surface area contributed by atoms with Gasteiger partial charge in [-0.25, -0.2) is 4.79 Å². The fraction of sp³-hybridized carbons (Fsp3) is 0.278. The number of nitrogens with one attached hydrogen (secondary N) is 2. The van der Waals surface area contributed by atoms with Crippen molar-refractivity contribution in [2.24, 2.45) is 0 Å². The van der Waals surface area contributed by atoms with Crippen molar-refractivity contribution in [3.63, 3.8) is 0 Å². The van der Waals surface area contributed by atoms with Gasteiger partial charge in [0, 0.05) is 30.7 Å². The summed E-state index contributed by atoms with van der Waals surface area (Å²) in [6, 6.07) is 10.5. The molecule has 0 unspecified atom stereocenters. The van der Waals surface area contributed by atoms with Gasteiger partial charge in [0.2, 0.25) is 5.91 Å². The quantitative estimate of drug-likeness (QED) is 0.910. The molecule has 124 valence electrons. The van der Waals surface area contributed by atoms with Crippen molar-refractivity contribution in [2.45, 2.75) is 33.0 Å². The molecule has 1 aliphatic heterocycles. The largest absolute Gasteiger partial charge is 0.332 e. The second-order valence-electron chi connectivity index (χ2n) is 5.97. The number of benzene rings is 1. The summed E-state index contributed by atoms with van der Waals surface area (Å²) in [5.74, 6) is -0.0905. The van der Waals surface area contributed by atoms with E-state index in [9.17, 15) is 9.59 Å². The van der Waals surface area contributed by atoms with Crippen LogP contribution in [0, 0.1) is 6.92 Å². The number of carbonyl (C=O) groups is 2. The molecule has 0 spiro atoms. The van der Waals surface area contributed by atoms with Crippen LogP contribution in [-0.4, -0.2) is 27.9 Å². The van der Waals surface area contributed by atoms with E-state index in [1.807, 2.05) is 31.2 Å². The van der Waals surface area contributed by atoms with Crippen molar-refractivity contribution in [3.05, 3.63) is 59.4 Å². The number of aryl methyl sites for hydroxylation is 1. The lowest BCUT2D eigenvalue weighted by Gasteiger charge is -2.21. The summed E-state index contributed by atoms with van der Waals surface area (Å²) < 4.78 is 0. The maximum absolute atomic E-state index is 12.5. The Hall–Kier alpha value is -2.89. The van der Waals surface area contributed by atoms with Crippen molar-refractivity contribution in [3.8, 4) is 0 Å². The van der Waals surface area contributed by atoms with E-state index in [-0.39, 0.29) is 5.91 Å². The molecule has 2 N–H and O–H groups in total. The van der Waals surface area contributed by atoms with E-state index in [1.165, 1.54) is 0 Å². The summed E-state index contributed by atoms with van der Waals surface area (Å²) in [7, 11) is 0. The van der Waals surface area contributed by atoms with Gasteiger partial charge in [-0.3, -0.25) is 9.78 Å². The number of nitrogens with zero attached hydrogens (tertiary/aromatic N) is 2. The minimum atomic E-state index is -0.595. The van der Waals surface area contributed by atoms with E-state index in [0.717, 1.165) is 16.8 Å². The highest BCUT2D eigenvalue weighted by atomic mass is 16.2. The number of aromatic nitrogens is 1. The Labute approximate surface area is 140 Å². The molecule has 0 bridgehead atoms. The van der Waals surface area contributed by atoms with Crippen LogP contribution < -0.4 is 10.6 Å². The lowest BCUT2D eigenvalue weighted by molar-refractivity contribution is -0.133. The van der Waals surface area contributed by atoms with E-state index >= 15 is 0 Å². The number of hydrogen-bond donors (Lipinski definition) is 2. The first-order chi connectivity index (χ1) is 11.5. The zero-order valence-electron chi connectivity index (χ0n) is 13.7. The van der Waals surface area contributed by atoms with Gasteiger partial charge in [0.1, 0.15) is 6.04 Å². The molecule has 2 aromatic rings. The molecule has 6 nitrogen and oxygen atoms in total. The fourth-order valence-corrected chi connectivity index (χ4v) is 2.81. The molecule has 1 aromatic heterocycles. The van der Waals surface area contributed by atoms with Gasteiger partial charge in [0.15, 0.2) is 0 Å². The molecule has 0 aliphatic carbocycles. The highest BCUT2D eigenvalue weighted by Gasteiger charge is 2.27. The summed E-state index contributed by atoms with van der Waals surface area (Å²) in [6.07, 6.45) is 1.63. The zero-order chi connectivity index (χ0) is 17.1. The third-order valence-electron chi connectivity index (χ3n) is 4.03. The van der Waals surface area contributed by atoms with Gasteiger partial charge in [0.05, 0.1) is 0 Å². The number of pyridine rings is 1. The van der Waals surface area contributed by atoms with Crippen molar-refractivity contribution < 1.29 is 9.59 Å². The molecule has 24 heavy (non-hydrogen) atoms. The van der Waals surface area contributed by atoms with E-state index in [2.05, 4.69) is 15.6 Å². The summed E-state index contributed by atoms with van der Waals surface area (Å²) in [5.41, 5.74) is 3.78. The van der Waals surface area contributed by atoms with Crippen LogP contribution in [0.25, 0.3) is 0 Å². The van der Waals surface area contributed by atoms with Crippen molar-refractivity contribution >= 4 is 17.6 Å². The van der Waals surface area contributed by atoms with Crippen LogP contribution in [0.2, 0.25) is 0 Å². The molecule has 3 rings (SSSR count). The van der Waals surface area contributed by atoms with Crippen LogP contribution in [-0.2, 0) is 17.9 Å². The molecule has 1 atom stereocenters. The third-order valence-corrected chi connectivity index (χ3v) is 4.03. The smallest absolute Gasteiger partial charge is 0.319 e. The Balaban J connectivity index is 1.56. The summed E-state index contributed by atoms with van der Waals surface area (Å²) >= 11 is 0. The predicted molar refractivity (Wildman–Crippen MR) is 91.3 cm³/mol. The topological polar surface area (TPSA) is 74.3 Å². The maximum atomic E-state index is 12.5. The molecule has 0 radical (unpaired) electrons. The number of urea groups is 1. The zero-order valence-corrected chi connectivity index (χ0v) is 13.7. The molecule has 1 aromatic carbocycles. The number of carbonyl (C=O) groups excluding carboxylic acids is 2. The van der Waals surface area contributed by atoms with Crippen LogP contribution in [0.4, 0.5) is 10.5 Å². The van der Waals surface area contributed by atoms with E-state index in [4.69, 9.17) is 0 Å². The Bertz CT molecular complexity index is 750. The average molecular weight is 324 g/mol. The highest BCUT2D eigenvalue weighted by Crippen LogP contribution is 2.22. The molecular formula is C18H20N4O2. The minimum Gasteiger partial charge on any atom is -0.332 e. The average Bonchev–Trinajstić information content (AvgIpc) is 2.97. The van der Waals surface area contributed by atoms with Gasteiger partial charge in [0.25, 0.3) is 0 Å². The number of anilines is 1. The SMILES string of the molecule is Cc1cc(NC(=O)N[C@@H](C)C(=O)N2Cc3ccccc3C2)ccn1.